The Morgan fingerprint density at radius 3 is 2.53 bits per heavy atom. The second kappa shape index (κ2) is 19.2. The number of carbonyl (C=O) groups is 5. The van der Waals surface area contributed by atoms with Crippen molar-refractivity contribution in [2.75, 3.05) is 13.2 Å². The van der Waals surface area contributed by atoms with Crippen LogP contribution < -0.4 is 32.2 Å². The largest absolute Gasteiger partial charge is 0.494 e. The number of thiazole rings is 1. The molecule has 5 aromatic rings. The number of fused-ring (bicyclic) bond motifs is 16. The van der Waals surface area contributed by atoms with Crippen LogP contribution in [0, 0.1) is 5.92 Å². The second-order valence-electron chi connectivity index (χ2n) is 14.3. The number of hydrogen-bond acceptors (Lipinski definition) is 9. The van der Waals surface area contributed by atoms with E-state index in [1.165, 1.54) is 18.3 Å². The number of aromatic amines is 1. The monoisotopic (exact) mass is 792 g/mol. The van der Waals surface area contributed by atoms with Crippen LogP contribution in [0.2, 0.25) is 0 Å². The number of aromatic nitrogens is 2. The van der Waals surface area contributed by atoms with Gasteiger partial charge in [0.25, 0.3) is 0 Å². The predicted molar refractivity (Wildman–Crippen MR) is 220 cm³/mol. The summed E-state index contributed by atoms with van der Waals surface area (Å²) in [5, 5.41) is 9.89. The number of ether oxygens (including phenoxy) is 1. The summed E-state index contributed by atoms with van der Waals surface area (Å²) < 4.78 is 6.80. The van der Waals surface area contributed by atoms with Crippen molar-refractivity contribution in [3.8, 4) is 5.75 Å². The van der Waals surface area contributed by atoms with Crippen molar-refractivity contribution in [2.24, 2.45) is 22.4 Å². The number of benzene rings is 3. The van der Waals surface area contributed by atoms with Gasteiger partial charge in [-0.25, -0.2) is 4.98 Å². The summed E-state index contributed by atoms with van der Waals surface area (Å²) >= 11 is 1.24. The molecular formula is C42H48N8O6S. The zero-order valence-corrected chi connectivity index (χ0v) is 32.6. The van der Waals surface area contributed by atoms with Crippen LogP contribution in [0.25, 0.3) is 21.1 Å². The summed E-state index contributed by atoms with van der Waals surface area (Å²) in [4.78, 5) is 80.9. The Kier molecular flexibility index (Phi) is 13.6. The summed E-state index contributed by atoms with van der Waals surface area (Å²) in [6, 6.07) is 19.2. The molecule has 57 heavy (non-hydrogen) atoms. The van der Waals surface area contributed by atoms with Gasteiger partial charge in [-0.3, -0.25) is 24.2 Å². The van der Waals surface area contributed by atoms with Crippen molar-refractivity contribution in [1.29, 1.82) is 0 Å². The SMILES string of the molecule is CC(=O)C[C@H]1Cc2ccc(cc2)OCCCC[C@@H](C(=O)N[C@@H](CCCN=C(N)N)C(=O)c2nc3ccccc3s2)NC(=O)[C@H](Cc2c[nH]c3ccccc23)NC1=O. The Morgan fingerprint density at radius 2 is 1.75 bits per heavy atom. The normalized spacial score (nSPS) is 18.5. The lowest BCUT2D eigenvalue weighted by Gasteiger charge is -2.26. The molecule has 298 valence electrons. The van der Waals surface area contributed by atoms with E-state index in [2.05, 4.69) is 30.9 Å². The number of amides is 3. The fraction of sp³-hybridized carbons (Fsp3) is 0.357. The van der Waals surface area contributed by atoms with E-state index in [-0.39, 0.29) is 61.2 Å². The summed E-state index contributed by atoms with van der Waals surface area (Å²) in [7, 11) is 0. The average molecular weight is 793 g/mol. The van der Waals surface area contributed by atoms with E-state index in [1.54, 1.807) is 6.20 Å². The molecule has 0 aliphatic carbocycles. The highest BCUT2D eigenvalue weighted by atomic mass is 32.1. The second-order valence-corrected chi connectivity index (χ2v) is 15.4. The molecule has 4 atom stereocenters. The van der Waals surface area contributed by atoms with Gasteiger partial charge < -0.3 is 41.9 Å². The molecule has 15 heteroatoms. The maximum absolute atomic E-state index is 14.4. The molecule has 0 saturated heterocycles. The van der Waals surface area contributed by atoms with E-state index in [0.29, 0.717) is 37.1 Å². The molecule has 2 aliphatic rings. The minimum atomic E-state index is -1.11. The van der Waals surface area contributed by atoms with Gasteiger partial charge >= 0.3 is 0 Å². The molecule has 0 unspecified atom stereocenters. The van der Waals surface area contributed by atoms with E-state index in [0.717, 1.165) is 26.7 Å². The van der Waals surface area contributed by atoms with Crippen molar-refractivity contribution < 1.29 is 28.7 Å². The summed E-state index contributed by atoms with van der Waals surface area (Å²) in [6.07, 6.45) is 4.03. The maximum atomic E-state index is 14.4. The third-order valence-corrected chi connectivity index (χ3v) is 11.0. The highest BCUT2D eigenvalue weighted by molar-refractivity contribution is 7.20. The van der Waals surface area contributed by atoms with Gasteiger partial charge in [0, 0.05) is 42.4 Å². The van der Waals surface area contributed by atoms with Crippen LogP contribution in [0.5, 0.6) is 5.75 Å². The molecule has 0 fully saturated rings. The van der Waals surface area contributed by atoms with Crippen LogP contribution in [-0.4, -0.2) is 76.5 Å². The standard InChI is InChI=1S/C42H48N8O6S/c1-25(51)21-27-22-26-15-17-29(18-16-26)56-20-7-6-12-34(48-40(55)35(49-38(27)53)23-28-24-46-31-10-3-2-9-30(28)31)39(54)47-33(13-8-19-45-42(43)44)37(52)41-50-32-11-4-5-14-36(32)57-41/h2-5,9-11,14-18,24,27,33-35,46H,6-8,12-13,19-23H2,1H3,(H,47,54)(H,48,55)(H,49,53)(H4,43,44,45)/t27-,33-,34-,35-/m0/s1. The smallest absolute Gasteiger partial charge is 0.243 e. The van der Waals surface area contributed by atoms with Crippen LogP contribution >= 0.6 is 11.3 Å². The molecule has 3 amide bonds. The highest BCUT2D eigenvalue weighted by Gasteiger charge is 2.33. The number of para-hydroxylation sites is 2. The first-order valence-corrected chi connectivity index (χ1v) is 20.0. The number of nitrogens with two attached hydrogens (primary N) is 2. The predicted octanol–water partition coefficient (Wildman–Crippen LogP) is 4.11. The van der Waals surface area contributed by atoms with Crippen molar-refractivity contribution >= 4 is 67.7 Å². The molecule has 2 aliphatic heterocycles. The quantitative estimate of drug-likeness (QED) is 0.0462. The van der Waals surface area contributed by atoms with Gasteiger partial charge in [-0.15, -0.1) is 11.3 Å². The van der Waals surface area contributed by atoms with Gasteiger partial charge in [-0.2, -0.15) is 0 Å². The van der Waals surface area contributed by atoms with Crippen LogP contribution in [-0.2, 0) is 32.0 Å². The lowest BCUT2D eigenvalue weighted by atomic mass is 9.93. The number of hydrogen-bond donors (Lipinski definition) is 6. The fourth-order valence-electron chi connectivity index (χ4n) is 6.98. The number of nitrogens with one attached hydrogen (secondary N) is 4. The van der Waals surface area contributed by atoms with Crippen molar-refractivity contribution in [2.45, 2.75) is 76.4 Å². The number of carbonyl (C=O) groups excluding carboxylic acids is 5. The minimum absolute atomic E-state index is 0.0240. The van der Waals surface area contributed by atoms with Crippen LogP contribution in [0.3, 0.4) is 0 Å². The van der Waals surface area contributed by atoms with Crippen molar-refractivity contribution in [1.82, 2.24) is 25.9 Å². The Hall–Kier alpha value is -6.09. The zero-order chi connectivity index (χ0) is 40.3. The van der Waals surface area contributed by atoms with Crippen LogP contribution in [0.4, 0.5) is 0 Å². The molecule has 2 aromatic heterocycles. The molecule has 4 heterocycles. The third-order valence-electron chi connectivity index (χ3n) is 9.91. The summed E-state index contributed by atoms with van der Waals surface area (Å²) in [5.41, 5.74) is 14.2. The Labute approximate surface area is 334 Å². The molecular weight excluding hydrogens is 745 g/mol. The zero-order valence-electron chi connectivity index (χ0n) is 31.8. The highest BCUT2D eigenvalue weighted by Crippen LogP contribution is 2.25. The van der Waals surface area contributed by atoms with Crippen LogP contribution in [0.1, 0.15) is 66.4 Å². The van der Waals surface area contributed by atoms with Crippen LogP contribution in [0.15, 0.2) is 84.0 Å². The van der Waals surface area contributed by atoms with Gasteiger partial charge in [-0.1, -0.05) is 42.5 Å². The number of rotatable bonds is 12. The molecule has 3 aromatic carbocycles. The van der Waals surface area contributed by atoms with E-state index in [1.807, 2.05) is 72.8 Å². The average Bonchev–Trinajstić information content (AvgIpc) is 3.82. The number of H-pyrrole nitrogens is 1. The Morgan fingerprint density at radius 1 is 0.982 bits per heavy atom. The first kappa shape index (κ1) is 40.6. The molecule has 0 saturated carbocycles. The molecule has 2 bridgehead atoms. The molecule has 0 spiro atoms. The van der Waals surface area contributed by atoms with E-state index >= 15 is 0 Å². The lowest BCUT2D eigenvalue weighted by molar-refractivity contribution is -0.134. The van der Waals surface area contributed by atoms with E-state index < -0.39 is 41.8 Å². The van der Waals surface area contributed by atoms with Gasteiger partial charge in [0.05, 0.1) is 22.9 Å². The molecule has 7 rings (SSSR count). The first-order chi connectivity index (χ1) is 27.5. The lowest BCUT2D eigenvalue weighted by Crippen LogP contribution is -2.56. The van der Waals surface area contributed by atoms with Crippen molar-refractivity contribution in [3.05, 3.63) is 95.1 Å². The minimum Gasteiger partial charge on any atom is -0.494 e. The molecule has 0 radical (unpaired) electrons. The number of ketones is 2. The molecule has 8 N–H and O–H groups in total. The first-order valence-electron chi connectivity index (χ1n) is 19.2. The molecule has 14 nitrogen and oxygen atoms in total. The Balaban J connectivity index is 1.29. The number of Topliss-reactive ketones (excluding diaryl/α,β-unsaturated/α-hetero) is 2. The number of aliphatic imine (C=N–C) groups is 1. The van der Waals surface area contributed by atoms with Gasteiger partial charge in [-0.05, 0) is 86.9 Å². The topological polar surface area (TPSA) is 224 Å². The van der Waals surface area contributed by atoms with Gasteiger partial charge in [0.1, 0.15) is 23.6 Å². The van der Waals surface area contributed by atoms with E-state index in [9.17, 15) is 24.0 Å². The number of nitrogens with zero attached hydrogens (tertiary/aromatic N) is 2. The maximum Gasteiger partial charge on any atom is 0.243 e. The summed E-state index contributed by atoms with van der Waals surface area (Å²) in [5.74, 6) is -2.33. The Bertz CT molecular complexity index is 2210. The van der Waals surface area contributed by atoms with Crippen molar-refractivity contribution in [3.63, 3.8) is 0 Å². The van der Waals surface area contributed by atoms with Gasteiger partial charge in [0.2, 0.25) is 23.5 Å². The summed E-state index contributed by atoms with van der Waals surface area (Å²) in [6.45, 7) is 2.04. The van der Waals surface area contributed by atoms with E-state index in [4.69, 9.17) is 16.2 Å². The number of guanidine groups is 1. The third kappa shape index (κ3) is 11.0. The van der Waals surface area contributed by atoms with Gasteiger partial charge in [0.15, 0.2) is 11.0 Å². The fourth-order valence-corrected chi connectivity index (χ4v) is 7.94.